The number of halogens is 1. The number of aliphatic hydroxyl groups is 1. The first-order chi connectivity index (χ1) is 11.0. The molecule has 124 valence electrons. The van der Waals surface area contributed by atoms with E-state index in [1.807, 2.05) is 26.0 Å². The maximum atomic E-state index is 12.0. The predicted octanol–water partition coefficient (Wildman–Crippen LogP) is 3.12. The highest BCUT2D eigenvalue weighted by Gasteiger charge is 2.12. The molecule has 1 aromatic carbocycles. The van der Waals surface area contributed by atoms with Gasteiger partial charge in [0.1, 0.15) is 0 Å². The smallest absolute Gasteiger partial charge is 0.320 e. The topological polar surface area (TPSA) is 79.2 Å². The van der Waals surface area contributed by atoms with Crippen molar-refractivity contribution in [1.82, 2.24) is 15.1 Å². The lowest BCUT2D eigenvalue weighted by Gasteiger charge is -2.15. The van der Waals surface area contributed by atoms with Crippen LogP contribution in [0, 0.1) is 6.92 Å². The Morgan fingerprint density at radius 2 is 2.22 bits per heavy atom. The summed E-state index contributed by atoms with van der Waals surface area (Å²) < 4.78 is 1.71. The van der Waals surface area contributed by atoms with Gasteiger partial charge in [-0.1, -0.05) is 24.6 Å². The summed E-state index contributed by atoms with van der Waals surface area (Å²) >= 11 is 6.00. The van der Waals surface area contributed by atoms with E-state index in [0.717, 1.165) is 17.8 Å². The van der Waals surface area contributed by atoms with E-state index in [2.05, 4.69) is 15.7 Å². The number of amides is 2. The van der Waals surface area contributed by atoms with Crippen molar-refractivity contribution in [3.05, 3.63) is 41.0 Å². The Morgan fingerprint density at radius 1 is 1.43 bits per heavy atom. The molecule has 1 unspecified atom stereocenters. The van der Waals surface area contributed by atoms with Crippen LogP contribution >= 0.6 is 11.6 Å². The van der Waals surface area contributed by atoms with E-state index in [-0.39, 0.29) is 18.7 Å². The maximum absolute atomic E-state index is 12.0. The molecule has 1 atom stereocenters. The van der Waals surface area contributed by atoms with Gasteiger partial charge in [0.2, 0.25) is 0 Å². The number of nitrogens with one attached hydrogen (secondary N) is 2. The zero-order valence-corrected chi connectivity index (χ0v) is 14.0. The molecule has 0 aliphatic rings. The average molecular weight is 337 g/mol. The number of anilines is 1. The largest absolute Gasteiger partial charge is 0.396 e. The first-order valence-corrected chi connectivity index (χ1v) is 7.92. The predicted molar refractivity (Wildman–Crippen MR) is 91.2 cm³/mol. The SMILES string of the molecule is CCC(CCO)NC(=O)Nc1cc(C)n(-c2cccc(Cl)c2)n1. The minimum Gasteiger partial charge on any atom is -0.396 e. The summed E-state index contributed by atoms with van der Waals surface area (Å²) in [6, 6.07) is 8.73. The quantitative estimate of drug-likeness (QED) is 0.758. The zero-order chi connectivity index (χ0) is 16.8. The third-order valence-electron chi connectivity index (χ3n) is 3.49. The summed E-state index contributed by atoms with van der Waals surface area (Å²) in [6.45, 7) is 3.90. The number of aryl methyl sites for hydroxylation is 1. The molecule has 0 fully saturated rings. The third-order valence-corrected chi connectivity index (χ3v) is 3.72. The summed E-state index contributed by atoms with van der Waals surface area (Å²) in [5.74, 6) is 0.457. The van der Waals surface area contributed by atoms with E-state index in [9.17, 15) is 4.79 Å². The molecular weight excluding hydrogens is 316 g/mol. The van der Waals surface area contributed by atoms with E-state index in [0.29, 0.717) is 17.3 Å². The first kappa shape index (κ1) is 17.3. The number of hydrogen-bond donors (Lipinski definition) is 3. The summed E-state index contributed by atoms with van der Waals surface area (Å²) in [4.78, 5) is 12.0. The van der Waals surface area contributed by atoms with E-state index in [1.54, 1.807) is 22.9 Å². The Morgan fingerprint density at radius 3 is 2.87 bits per heavy atom. The van der Waals surface area contributed by atoms with Gasteiger partial charge in [-0.05, 0) is 38.0 Å². The van der Waals surface area contributed by atoms with Crippen molar-refractivity contribution in [2.75, 3.05) is 11.9 Å². The van der Waals surface area contributed by atoms with Crippen molar-refractivity contribution in [3.8, 4) is 5.69 Å². The highest BCUT2D eigenvalue weighted by atomic mass is 35.5. The minimum atomic E-state index is -0.332. The van der Waals surface area contributed by atoms with Crippen molar-refractivity contribution in [2.45, 2.75) is 32.7 Å². The molecule has 6 nitrogen and oxygen atoms in total. The zero-order valence-electron chi connectivity index (χ0n) is 13.2. The van der Waals surface area contributed by atoms with Gasteiger partial charge in [0.15, 0.2) is 5.82 Å². The van der Waals surface area contributed by atoms with Crippen LogP contribution in [-0.4, -0.2) is 33.6 Å². The standard InChI is InChI=1S/C16H21ClN4O2/c1-3-13(7-8-22)18-16(23)19-15-9-11(2)21(20-15)14-6-4-5-12(17)10-14/h4-6,9-10,13,22H,3,7-8H2,1-2H3,(H2,18,19,20,23). The summed E-state index contributed by atoms with van der Waals surface area (Å²) in [5, 5.41) is 19.5. The Kier molecular flexibility index (Phi) is 6.01. The number of urea groups is 1. The molecule has 2 rings (SSSR count). The van der Waals surface area contributed by atoms with Gasteiger partial charge in [0.05, 0.1) is 5.69 Å². The molecule has 0 spiro atoms. The van der Waals surface area contributed by atoms with Crippen molar-refractivity contribution < 1.29 is 9.90 Å². The Bertz CT molecular complexity index is 672. The van der Waals surface area contributed by atoms with Crippen LogP contribution in [0.5, 0.6) is 0 Å². The molecule has 1 aromatic heterocycles. The molecule has 0 bridgehead atoms. The molecule has 3 N–H and O–H groups in total. The fourth-order valence-electron chi connectivity index (χ4n) is 2.28. The van der Waals surface area contributed by atoms with Crippen LogP contribution in [0.4, 0.5) is 10.6 Å². The van der Waals surface area contributed by atoms with Gasteiger partial charge in [-0.3, -0.25) is 5.32 Å². The molecule has 0 radical (unpaired) electrons. The van der Waals surface area contributed by atoms with Gasteiger partial charge in [0.25, 0.3) is 0 Å². The third kappa shape index (κ3) is 4.71. The van der Waals surface area contributed by atoms with Crippen LogP contribution in [0.1, 0.15) is 25.5 Å². The number of carbonyl (C=O) groups excluding carboxylic acids is 1. The van der Waals surface area contributed by atoms with Crippen LogP contribution in [0.25, 0.3) is 5.69 Å². The van der Waals surface area contributed by atoms with Crippen molar-refractivity contribution in [3.63, 3.8) is 0 Å². The Hall–Kier alpha value is -2.05. The molecule has 0 saturated carbocycles. The highest BCUT2D eigenvalue weighted by Crippen LogP contribution is 2.18. The number of nitrogens with zero attached hydrogens (tertiary/aromatic N) is 2. The molecule has 2 amide bonds. The van der Waals surface area contributed by atoms with Gasteiger partial charge in [-0.2, -0.15) is 0 Å². The summed E-state index contributed by atoms with van der Waals surface area (Å²) in [6.07, 6.45) is 1.28. The number of benzene rings is 1. The summed E-state index contributed by atoms with van der Waals surface area (Å²) in [5.41, 5.74) is 1.71. The van der Waals surface area contributed by atoms with Crippen LogP contribution in [-0.2, 0) is 0 Å². The number of hydrogen-bond acceptors (Lipinski definition) is 3. The Labute approximate surface area is 140 Å². The number of aromatic nitrogens is 2. The molecule has 0 aliphatic carbocycles. The normalized spacial score (nSPS) is 12.0. The molecule has 23 heavy (non-hydrogen) atoms. The van der Waals surface area contributed by atoms with E-state index >= 15 is 0 Å². The lowest BCUT2D eigenvalue weighted by Crippen LogP contribution is -2.38. The molecular formula is C16H21ClN4O2. The number of aliphatic hydroxyl groups excluding tert-OH is 1. The molecule has 2 aromatic rings. The van der Waals surface area contributed by atoms with Crippen LogP contribution in [0.3, 0.4) is 0 Å². The van der Waals surface area contributed by atoms with Crippen molar-refractivity contribution >= 4 is 23.4 Å². The first-order valence-electron chi connectivity index (χ1n) is 7.54. The van der Waals surface area contributed by atoms with Crippen molar-refractivity contribution in [1.29, 1.82) is 0 Å². The monoisotopic (exact) mass is 336 g/mol. The van der Waals surface area contributed by atoms with Gasteiger partial charge < -0.3 is 10.4 Å². The van der Waals surface area contributed by atoms with E-state index < -0.39 is 0 Å². The lowest BCUT2D eigenvalue weighted by atomic mass is 10.2. The fraction of sp³-hybridized carbons (Fsp3) is 0.375. The van der Waals surface area contributed by atoms with Gasteiger partial charge in [-0.25, -0.2) is 9.48 Å². The van der Waals surface area contributed by atoms with Gasteiger partial charge in [0, 0.05) is 29.4 Å². The number of rotatable bonds is 6. The van der Waals surface area contributed by atoms with Gasteiger partial charge >= 0.3 is 6.03 Å². The number of carbonyl (C=O) groups is 1. The highest BCUT2D eigenvalue weighted by molar-refractivity contribution is 6.30. The maximum Gasteiger partial charge on any atom is 0.320 e. The fourth-order valence-corrected chi connectivity index (χ4v) is 2.46. The average Bonchev–Trinajstić information content (AvgIpc) is 2.87. The van der Waals surface area contributed by atoms with E-state index in [1.165, 1.54) is 0 Å². The summed E-state index contributed by atoms with van der Waals surface area (Å²) in [7, 11) is 0. The van der Waals surface area contributed by atoms with Crippen LogP contribution in [0.2, 0.25) is 5.02 Å². The second-order valence-electron chi connectivity index (χ2n) is 5.28. The Balaban J connectivity index is 2.07. The lowest BCUT2D eigenvalue weighted by molar-refractivity contribution is 0.237. The molecule has 0 saturated heterocycles. The molecule has 1 heterocycles. The van der Waals surface area contributed by atoms with Crippen LogP contribution < -0.4 is 10.6 Å². The van der Waals surface area contributed by atoms with Crippen molar-refractivity contribution in [2.24, 2.45) is 0 Å². The van der Waals surface area contributed by atoms with Crippen LogP contribution in [0.15, 0.2) is 30.3 Å². The van der Waals surface area contributed by atoms with E-state index in [4.69, 9.17) is 16.7 Å². The minimum absolute atomic E-state index is 0.0429. The second kappa shape index (κ2) is 7.99. The second-order valence-corrected chi connectivity index (χ2v) is 5.71. The molecule has 7 heteroatoms. The molecule has 0 aliphatic heterocycles. The van der Waals surface area contributed by atoms with Gasteiger partial charge in [-0.15, -0.1) is 5.10 Å².